The van der Waals surface area contributed by atoms with Crippen LogP contribution in [0.15, 0.2) is 72.0 Å². The van der Waals surface area contributed by atoms with Gasteiger partial charge in [0.15, 0.2) is 0 Å². The minimum Gasteiger partial charge on any atom is -0.501 e. The minimum absolute atomic E-state index is 0.118. The van der Waals surface area contributed by atoms with E-state index >= 15 is 0 Å². The number of methoxy groups -OCH3 is 1. The number of allylic oxidation sites excluding steroid dienone is 3. The fourth-order valence-corrected chi connectivity index (χ4v) is 6.55. The summed E-state index contributed by atoms with van der Waals surface area (Å²) < 4.78 is 25.9. The molecule has 2 aliphatic carbocycles. The van der Waals surface area contributed by atoms with Crippen LogP contribution in [0.4, 0.5) is 0 Å². The Morgan fingerprint density at radius 3 is 2.85 bits per heavy atom. The number of rotatable bonds is 7. The molecule has 6 rings (SSSR count). The number of aromatic nitrogens is 1. The third-order valence-corrected chi connectivity index (χ3v) is 8.52. The van der Waals surface area contributed by atoms with Gasteiger partial charge in [-0.25, -0.2) is 4.79 Å². The maximum Gasteiger partial charge on any atom is 0.352 e. The highest BCUT2D eigenvalue weighted by Crippen LogP contribution is 2.47. The first kappa shape index (κ1) is 27.4. The molecule has 1 N–H and O–H groups in total. The summed E-state index contributed by atoms with van der Waals surface area (Å²) in [6.45, 7) is 4.48. The number of nitrogens with zero attached hydrogens (tertiary/aromatic N) is 1. The van der Waals surface area contributed by atoms with E-state index in [1.165, 1.54) is 0 Å². The predicted octanol–water partition coefficient (Wildman–Crippen LogP) is 6.30. The van der Waals surface area contributed by atoms with Crippen LogP contribution < -0.4 is 4.74 Å². The lowest BCUT2D eigenvalue weighted by Crippen LogP contribution is -2.34. The Morgan fingerprint density at radius 2 is 2.00 bits per heavy atom. The average Bonchev–Trinajstić information content (AvgIpc) is 3.31. The van der Waals surface area contributed by atoms with E-state index in [1.54, 1.807) is 7.11 Å². The van der Waals surface area contributed by atoms with Gasteiger partial charge in [0.2, 0.25) is 0 Å². The molecule has 7 heteroatoms. The van der Waals surface area contributed by atoms with Crippen LogP contribution in [-0.4, -0.2) is 55.3 Å². The second-order valence-electron chi connectivity index (χ2n) is 11.1. The molecule has 0 saturated heterocycles. The predicted molar refractivity (Wildman–Crippen MR) is 159 cm³/mol. The molecule has 0 amide bonds. The summed E-state index contributed by atoms with van der Waals surface area (Å²) >= 11 is 0. The third-order valence-electron chi connectivity index (χ3n) is 8.52. The number of carbonyl (C=O) groups is 1. The van der Waals surface area contributed by atoms with Crippen LogP contribution in [0.25, 0.3) is 16.8 Å². The Bertz CT molecular complexity index is 1540. The van der Waals surface area contributed by atoms with Gasteiger partial charge in [-0.15, -0.1) is 0 Å². The molecule has 214 valence electrons. The van der Waals surface area contributed by atoms with Gasteiger partial charge in [-0.1, -0.05) is 54.6 Å². The zero-order chi connectivity index (χ0) is 28.4. The molecule has 3 aliphatic rings. The highest BCUT2D eigenvalue weighted by Gasteiger charge is 2.41. The summed E-state index contributed by atoms with van der Waals surface area (Å²) in [7, 11) is 1.69. The molecule has 3 aromatic rings. The summed E-state index contributed by atoms with van der Waals surface area (Å²) in [4.78, 5) is 12.9. The van der Waals surface area contributed by atoms with Gasteiger partial charge in [0, 0.05) is 35.0 Å². The molecule has 2 unspecified atom stereocenters. The quantitative estimate of drug-likeness (QED) is 0.345. The maximum atomic E-state index is 12.9. The Hall–Kier alpha value is -3.81. The molecule has 0 radical (unpaired) electrons. The van der Waals surface area contributed by atoms with E-state index in [-0.39, 0.29) is 6.10 Å². The van der Waals surface area contributed by atoms with Gasteiger partial charge in [-0.2, -0.15) is 0 Å². The van der Waals surface area contributed by atoms with Crippen molar-refractivity contribution < 1.29 is 28.8 Å². The number of benzene rings is 2. The fourth-order valence-electron chi connectivity index (χ4n) is 6.55. The Balaban J connectivity index is 1.36. The molecule has 2 bridgehead atoms. The summed E-state index contributed by atoms with van der Waals surface area (Å²) in [6.07, 6.45) is 11.1. The molecule has 0 saturated carbocycles. The zero-order valence-corrected chi connectivity index (χ0v) is 23.7. The minimum atomic E-state index is -0.917. The topological polar surface area (TPSA) is 79.2 Å². The summed E-state index contributed by atoms with van der Waals surface area (Å²) in [5.74, 6) is 0.794. The standard InChI is InChI=1S/C34H37NO6/c1-34-14-6-11-29-28(12-7-16-41-30-13-5-9-23-8-3-4-10-27(23)30)31(33(36)37)35(32(29)34)15-17-39-18-19-40-26-21-24(34)20-25(22-26)38-2/h3-6,8-11,13,20-21,26H,7,12,14-19,22H2,1-2H3,(H,36,37). The van der Waals surface area contributed by atoms with Crippen LogP contribution in [0.1, 0.15) is 53.5 Å². The van der Waals surface area contributed by atoms with E-state index in [2.05, 4.69) is 49.4 Å². The molecule has 7 nitrogen and oxygen atoms in total. The first-order valence-corrected chi connectivity index (χ1v) is 14.4. The van der Waals surface area contributed by atoms with E-state index in [0.29, 0.717) is 57.9 Å². The van der Waals surface area contributed by atoms with Crippen LogP contribution in [0.5, 0.6) is 5.75 Å². The van der Waals surface area contributed by atoms with E-state index < -0.39 is 11.4 Å². The van der Waals surface area contributed by atoms with Gasteiger partial charge in [-0.3, -0.25) is 0 Å². The van der Waals surface area contributed by atoms with Crippen molar-refractivity contribution in [2.45, 2.75) is 50.7 Å². The van der Waals surface area contributed by atoms with E-state index in [9.17, 15) is 9.90 Å². The number of ether oxygens (including phenoxy) is 4. The fraction of sp³-hybridized carbons (Fsp3) is 0.382. The normalized spacial score (nSPS) is 22.1. The lowest BCUT2D eigenvalue weighted by atomic mass is 9.70. The lowest BCUT2D eigenvalue weighted by molar-refractivity contribution is 0.0146. The SMILES string of the molecule is COC1=CC2=CC(C1)OCCOCCn1c(C(=O)O)c(CCCOc3cccc4ccccc34)c3c1C2(C)CC=C3. The highest BCUT2D eigenvalue weighted by atomic mass is 16.5. The number of carboxylic acids is 1. The number of hydrogen-bond donors (Lipinski definition) is 1. The summed E-state index contributed by atoms with van der Waals surface area (Å²) in [6, 6.07) is 14.2. The van der Waals surface area contributed by atoms with Gasteiger partial charge in [0.1, 0.15) is 11.4 Å². The van der Waals surface area contributed by atoms with Crippen molar-refractivity contribution in [2.75, 3.05) is 33.5 Å². The van der Waals surface area contributed by atoms with E-state index in [1.807, 2.05) is 28.8 Å². The Morgan fingerprint density at radius 1 is 1.15 bits per heavy atom. The van der Waals surface area contributed by atoms with Crippen molar-refractivity contribution in [3.8, 4) is 5.75 Å². The highest BCUT2D eigenvalue weighted by molar-refractivity contribution is 5.91. The third kappa shape index (κ3) is 5.20. The Kier molecular flexibility index (Phi) is 7.73. The van der Waals surface area contributed by atoms with Gasteiger partial charge in [-0.05, 0) is 54.9 Å². The van der Waals surface area contributed by atoms with E-state index in [4.69, 9.17) is 18.9 Å². The molecular weight excluding hydrogens is 518 g/mol. The Labute approximate surface area is 240 Å². The van der Waals surface area contributed by atoms with Gasteiger partial charge in [0.25, 0.3) is 0 Å². The van der Waals surface area contributed by atoms with Crippen LogP contribution in [0, 0.1) is 0 Å². The molecule has 2 heterocycles. The maximum absolute atomic E-state index is 12.9. The second kappa shape index (κ2) is 11.6. The largest absolute Gasteiger partial charge is 0.501 e. The molecule has 2 atom stereocenters. The van der Waals surface area contributed by atoms with Crippen molar-refractivity contribution in [1.82, 2.24) is 4.57 Å². The second-order valence-corrected chi connectivity index (χ2v) is 11.1. The van der Waals surface area contributed by atoms with Crippen molar-refractivity contribution in [1.29, 1.82) is 0 Å². The van der Waals surface area contributed by atoms with Crippen molar-refractivity contribution in [3.05, 3.63) is 94.5 Å². The molecule has 0 fully saturated rings. The number of aromatic carboxylic acids is 1. The van der Waals surface area contributed by atoms with Crippen LogP contribution in [0.3, 0.4) is 0 Å². The first-order chi connectivity index (χ1) is 20.0. The smallest absolute Gasteiger partial charge is 0.352 e. The molecule has 41 heavy (non-hydrogen) atoms. The van der Waals surface area contributed by atoms with E-state index in [0.717, 1.165) is 51.1 Å². The number of fused-ring (bicyclic) bond motifs is 3. The molecule has 0 spiro atoms. The van der Waals surface area contributed by atoms with Gasteiger partial charge in [0.05, 0.1) is 45.4 Å². The van der Waals surface area contributed by atoms with Crippen molar-refractivity contribution in [2.24, 2.45) is 0 Å². The number of hydrogen-bond acceptors (Lipinski definition) is 5. The first-order valence-electron chi connectivity index (χ1n) is 14.4. The molecule has 1 aliphatic heterocycles. The van der Waals surface area contributed by atoms with Crippen molar-refractivity contribution in [3.63, 3.8) is 0 Å². The van der Waals surface area contributed by atoms with Gasteiger partial charge < -0.3 is 28.6 Å². The zero-order valence-electron chi connectivity index (χ0n) is 23.7. The average molecular weight is 556 g/mol. The molecule has 1 aromatic heterocycles. The molecule has 2 aromatic carbocycles. The monoisotopic (exact) mass is 555 g/mol. The van der Waals surface area contributed by atoms with Crippen LogP contribution in [-0.2, 0) is 32.6 Å². The van der Waals surface area contributed by atoms with Crippen LogP contribution >= 0.6 is 0 Å². The number of carboxylic acid groups (broad SMARTS) is 1. The lowest BCUT2D eigenvalue weighted by Gasteiger charge is -2.38. The molecular formula is C34H37NO6. The van der Waals surface area contributed by atoms with Gasteiger partial charge >= 0.3 is 5.97 Å². The summed E-state index contributed by atoms with van der Waals surface area (Å²) in [5.41, 5.74) is 3.86. The van der Waals surface area contributed by atoms with Crippen molar-refractivity contribution >= 4 is 22.8 Å². The van der Waals surface area contributed by atoms with Crippen LogP contribution in [0.2, 0.25) is 0 Å². The summed E-state index contributed by atoms with van der Waals surface area (Å²) in [5, 5.41) is 12.7.